The maximum atomic E-state index is 13.0. The molecule has 3 aromatic rings. The summed E-state index contributed by atoms with van der Waals surface area (Å²) in [7, 11) is 0. The summed E-state index contributed by atoms with van der Waals surface area (Å²) >= 11 is 8.00. The minimum absolute atomic E-state index is 0.128. The highest BCUT2D eigenvalue weighted by molar-refractivity contribution is 7.13. The monoisotopic (exact) mass is 442 g/mol. The number of benzene rings is 1. The number of amides is 1. The molecule has 2 aromatic heterocycles. The van der Waals surface area contributed by atoms with Crippen LogP contribution in [0.15, 0.2) is 47.8 Å². The van der Waals surface area contributed by atoms with Crippen molar-refractivity contribution in [2.45, 2.75) is 38.6 Å². The Hall–Kier alpha value is -2.15. The number of nitrogens with one attached hydrogen (secondary N) is 1. The third-order valence-electron chi connectivity index (χ3n) is 5.64. The third-order valence-corrected chi connectivity index (χ3v) is 6.86. The normalized spacial score (nSPS) is 17.2. The van der Waals surface area contributed by atoms with Crippen molar-refractivity contribution in [1.82, 2.24) is 20.0 Å². The number of rotatable bonds is 7. The number of hydrogen-bond donors (Lipinski definition) is 1. The van der Waals surface area contributed by atoms with Gasteiger partial charge in [-0.1, -0.05) is 36.2 Å². The number of halogens is 1. The van der Waals surface area contributed by atoms with Crippen molar-refractivity contribution >= 4 is 28.8 Å². The van der Waals surface area contributed by atoms with Crippen molar-refractivity contribution in [1.29, 1.82) is 0 Å². The molecular formula is C23H27ClN4OS. The molecule has 1 unspecified atom stereocenters. The lowest BCUT2D eigenvalue weighted by Gasteiger charge is -2.33. The maximum absolute atomic E-state index is 13.0. The molecule has 1 N–H and O–H groups in total. The molecule has 4 rings (SSSR count). The number of carbonyl (C=O) groups excluding carboxylic acids is 1. The lowest BCUT2D eigenvalue weighted by molar-refractivity contribution is 0.0941. The van der Waals surface area contributed by atoms with Crippen LogP contribution in [0.3, 0.4) is 0 Å². The molecule has 0 spiro atoms. The summed E-state index contributed by atoms with van der Waals surface area (Å²) in [5.41, 5.74) is 1.98. The van der Waals surface area contributed by atoms with Crippen molar-refractivity contribution in [3.63, 3.8) is 0 Å². The number of carbonyl (C=O) groups is 1. The second-order valence-electron chi connectivity index (χ2n) is 7.75. The molecule has 0 bridgehead atoms. The predicted molar refractivity (Wildman–Crippen MR) is 124 cm³/mol. The summed E-state index contributed by atoms with van der Waals surface area (Å²) in [6.07, 6.45) is 4.81. The molecule has 1 atom stereocenters. The summed E-state index contributed by atoms with van der Waals surface area (Å²) in [4.78, 5) is 16.6. The van der Waals surface area contributed by atoms with Crippen LogP contribution in [-0.2, 0) is 0 Å². The standard InChI is InChI=1S/C23H27ClN4OS/c1-17-8-4-5-13-27(17)14-7-12-25-23(29)21-16-19(22-11-6-15-30-22)26-28(21)20-10-3-2-9-18(20)24/h2-3,6,9-11,15-17H,4-5,7-8,12-14H2,1H3,(H,25,29). The molecule has 1 fully saturated rings. The van der Waals surface area contributed by atoms with Crippen LogP contribution in [0.5, 0.6) is 0 Å². The highest BCUT2D eigenvalue weighted by Crippen LogP contribution is 2.28. The first-order valence-electron chi connectivity index (χ1n) is 10.5. The van der Waals surface area contributed by atoms with Gasteiger partial charge in [-0.05, 0) is 62.4 Å². The van der Waals surface area contributed by atoms with Gasteiger partial charge in [0, 0.05) is 19.1 Å². The topological polar surface area (TPSA) is 50.2 Å². The van der Waals surface area contributed by atoms with Crippen LogP contribution in [0.25, 0.3) is 16.3 Å². The van der Waals surface area contributed by atoms with E-state index in [1.807, 2.05) is 47.8 Å². The van der Waals surface area contributed by atoms with Crippen LogP contribution < -0.4 is 5.32 Å². The average molecular weight is 443 g/mol. The van der Waals surface area contributed by atoms with Gasteiger partial charge in [0.25, 0.3) is 5.91 Å². The van der Waals surface area contributed by atoms with Gasteiger partial charge in [0.05, 0.1) is 15.6 Å². The van der Waals surface area contributed by atoms with E-state index in [0.29, 0.717) is 29.0 Å². The molecule has 0 aliphatic carbocycles. The molecule has 7 heteroatoms. The molecule has 158 valence electrons. The SMILES string of the molecule is CC1CCCCN1CCCNC(=O)c1cc(-c2cccs2)nn1-c1ccccc1Cl. The highest BCUT2D eigenvalue weighted by atomic mass is 35.5. The number of thiophene rings is 1. The molecule has 1 aliphatic rings. The number of para-hydroxylation sites is 1. The Morgan fingerprint density at radius 3 is 2.90 bits per heavy atom. The molecule has 0 radical (unpaired) electrons. The van der Waals surface area contributed by atoms with E-state index in [4.69, 9.17) is 16.7 Å². The van der Waals surface area contributed by atoms with Crippen molar-refractivity contribution < 1.29 is 4.79 Å². The largest absolute Gasteiger partial charge is 0.351 e. The van der Waals surface area contributed by atoms with Crippen LogP contribution in [0, 0.1) is 0 Å². The van der Waals surface area contributed by atoms with Crippen LogP contribution in [0.1, 0.15) is 43.1 Å². The van der Waals surface area contributed by atoms with Gasteiger partial charge in [-0.2, -0.15) is 5.10 Å². The van der Waals surface area contributed by atoms with Crippen molar-refractivity contribution in [3.05, 3.63) is 58.6 Å². The van der Waals surface area contributed by atoms with Crippen molar-refractivity contribution in [2.24, 2.45) is 0 Å². The molecular weight excluding hydrogens is 416 g/mol. The lowest BCUT2D eigenvalue weighted by atomic mass is 10.0. The maximum Gasteiger partial charge on any atom is 0.270 e. The van der Waals surface area contributed by atoms with Gasteiger partial charge in [-0.25, -0.2) is 4.68 Å². The Bertz CT molecular complexity index is 985. The van der Waals surface area contributed by atoms with Gasteiger partial charge < -0.3 is 10.2 Å². The van der Waals surface area contributed by atoms with Gasteiger partial charge in [-0.3, -0.25) is 4.79 Å². The fourth-order valence-electron chi connectivity index (χ4n) is 3.96. The average Bonchev–Trinajstić information content (AvgIpc) is 3.42. The van der Waals surface area contributed by atoms with Crippen molar-refractivity contribution in [2.75, 3.05) is 19.6 Å². The molecule has 1 aromatic carbocycles. The Kier molecular flexibility index (Phi) is 6.87. The summed E-state index contributed by atoms with van der Waals surface area (Å²) < 4.78 is 1.65. The highest BCUT2D eigenvalue weighted by Gasteiger charge is 2.20. The van der Waals surface area contributed by atoms with Gasteiger partial charge in [-0.15, -0.1) is 11.3 Å². The quantitative estimate of drug-likeness (QED) is 0.508. The number of aromatic nitrogens is 2. The second kappa shape index (κ2) is 9.77. The Morgan fingerprint density at radius 2 is 2.13 bits per heavy atom. The van der Waals surface area contributed by atoms with E-state index in [2.05, 4.69) is 17.1 Å². The fraction of sp³-hybridized carbons (Fsp3) is 0.391. The summed E-state index contributed by atoms with van der Waals surface area (Å²) in [6.45, 7) is 5.13. The molecule has 1 saturated heterocycles. The van der Waals surface area contributed by atoms with Crippen LogP contribution in [0.4, 0.5) is 0 Å². The van der Waals surface area contributed by atoms with Crippen LogP contribution >= 0.6 is 22.9 Å². The number of nitrogens with zero attached hydrogens (tertiary/aromatic N) is 3. The first kappa shape index (κ1) is 21.1. The van der Waals surface area contributed by atoms with Gasteiger partial charge in [0.2, 0.25) is 0 Å². The molecule has 0 saturated carbocycles. The smallest absolute Gasteiger partial charge is 0.270 e. The minimum atomic E-state index is -0.128. The predicted octanol–water partition coefficient (Wildman–Crippen LogP) is 5.25. The van der Waals surface area contributed by atoms with Crippen molar-refractivity contribution in [3.8, 4) is 16.3 Å². The molecule has 1 amide bonds. The van der Waals surface area contributed by atoms with E-state index >= 15 is 0 Å². The van der Waals surface area contributed by atoms with E-state index in [-0.39, 0.29) is 5.91 Å². The van der Waals surface area contributed by atoms with E-state index in [0.717, 1.165) is 23.5 Å². The van der Waals surface area contributed by atoms with Crippen LogP contribution in [0.2, 0.25) is 5.02 Å². The summed E-state index contributed by atoms with van der Waals surface area (Å²) in [5.74, 6) is -0.128. The zero-order chi connectivity index (χ0) is 20.9. The molecule has 5 nitrogen and oxygen atoms in total. The summed E-state index contributed by atoms with van der Waals surface area (Å²) in [6, 6.07) is 13.9. The van der Waals surface area contributed by atoms with E-state index in [1.165, 1.54) is 25.8 Å². The van der Waals surface area contributed by atoms with E-state index in [1.54, 1.807) is 16.0 Å². The first-order valence-corrected chi connectivity index (χ1v) is 11.8. The van der Waals surface area contributed by atoms with E-state index < -0.39 is 0 Å². The molecule has 3 heterocycles. The van der Waals surface area contributed by atoms with E-state index in [9.17, 15) is 4.79 Å². The van der Waals surface area contributed by atoms with Crippen LogP contribution in [-0.4, -0.2) is 46.3 Å². The van der Waals surface area contributed by atoms with Gasteiger partial charge >= 0.3 is 0 Å². The Balaban J connectivity index is 1.48. The second-order valence-corrected chi connectivity index (χ2v) is 9.10. The lowest BCUT2D eigenvalue weighted by Crippen LogP contribution is -2.39. The molecule has 1 aliphatic heterocycles. The minimum Gasteiger partial charge on any atom is -0.351 e. The zero-order valence-electron chi connectivity index (χ0n) is 17.2. The summed E-state index contributed by atoms with van der Waals surface area (Å²) in [5, 5.41) is 10.3. The number of piperidine rings is 1. The third kappa shape index (κ3) is 4.77. The number of hydrogen-bond acceptors (Lipinski definition) is 4. The molecule has 30 heavy (non-hydrogen) atoms. The number of likely N-dealkylation sites (tertiary alicyclic amines) is 1. The fourth-order valence-corrected chi connectivity index (χ4v) is 4.86. The Morgan fingerprint density at radius 1 is 1.27 bits per heavy atom. The van der Waals surface area contributed by atoms with Gasteiger partial charge in [0.15, 0.2) is 0 Å². The Labute approximate surface area is 186 Å². The first-order chi connectivity index (χ1) is 14.6. The zero-order valence-corrected chi connectivity index (χ0v) is 18.8. The van der Waals surface area contributed by atoms with Gasteiger partial charge in [0.1, 0.15) is 11.4 Å².